The van der Waals surface area contributed by atoms with Gasteiger partial charge in [-0.1, -0.05) is 64.3 Å². The molecule has 134 valence electrons. The molecule has 2 aromatic rings. The molecule has 0 saturated carbocycles. The van der Waals surface area contributed by atoms with Crippen molar-refractivity contribution < 1.29 is 10.2 Å². The van der Waals surface area contributed by atoms with E-state index in [1.165, 1.54) is 0 Å². The van der Waals surface area contributed by atoms with Crippen LogP contribution in [0.1, 0.15) is 52.7 Å². The molecule has 25 heavy (non-hydrogen) atoms. The van der Waals surface area contributed by atoms with Crippen molar-refractivity contribution in [3.8, 4) is 5.75 Å². The van der Waals surface area contributed by atoms with Crippen LogP contribution in [-0.4, -0.2) is 5.11 Å². The van der Waals surface area contributed by atoms with Crippen molar-refractivity contribution >= 4 is 28.7 Å². The molecule has 0 bridgehead atoms. The molecule has 0 saturated heterocycles. The number of nitrogen functional groups attached to an aromatic ring is 1. The SMILES string of the molecule is CC(C)(C)c1cc(N=[NH+]c2ccc(Cl)cc2N)c(O)c(C(C)(C)C)c1. The van der Waals surface area contributed by atoms with Crippen molar-refractivity contribution in [3.63, 3.8) is 0 Å². The Morgan fingerprint density at radius 1 is 1.00 bits per heavy atom. The Hall–Kier alpha value is -2.07. The number of rotatable bonds is 2. The number of hydrogen-bond donors (Lipinski definition) is 3. The van der Waals surface area contributed by atoms with Crippen LogP contribution in [-0.2, 0) is 10.8 Å². The molecule has 0 fully saturated rings. The molecule has 4 N–H and O–H groups in total. The maximum Gasteiger partial charge on any atom is 0.252 e. The Morgan fingerprint density at radius 3 is 2.16 bits per heavy atom. The molecule has 2 rings (SSSR count). The number of azo groups is 1. The van der Waals surface area contributed by atoms with E-state index in [9.17, 15) is 5.11 Å². The molecule has 0 atom stereocenters. The summed E-state index contributed by atoms with van der Waals surface area (Å²) in [7, 11) is 0. The number of nitrogens with one attached hydrogen (secondary N) is 1. The number of nitrogens with two attached hydrogens (primary N) is 1. The van der Waals surface area contributed by atoms with E-state index in [-0.39, 0.29) is 16.6 Å². The maximum atomic E-state index is 10.7. The Labute approximate surface area is 154 Å². The van der Waals surface area contributed by atoms with Gasteiger partial charge in [0.15, 0.2) is 11.4 Å². The quantitative estimate of drug-likeness (QED) is 0.535. The van der Waals surface area contributed by atoms with E-state index in [1.54, 1.807) is 18.2 Å². The second kappa shape index (κ2) is 6.68. The highest BCUT2D eigenvalue weighted by atomic mass is 35.5. The standard InChI is InChI=1S/C20H26ClN3O/c1-19(2,3)12-9-14(20(4,5)6)18(25)17(10-12)24-23-16-8-7-13(21)11-15(16)22/h7-11,25H,22H2,1-6H3/p+1. The molecule has 0 aromatic heterocycles. The summed E-state index contributed by atoms with van der Waals surface area (Å²) >= 11 is 5.92. The Balaban J connectivity index is 2.58. The first-order valence-corrected chi connectivity index (χ1v) is 8.67. The summed E-state index contributed by atoms with van der Waals surface area (Å²) in [4.78, 5) is 0. The zero-order valence-electron chi connectivity index (χ0n) is 15.7. The van der Waals surface area contributed by atoms with Crippen molar-refractivity contribution in [3.05, 3.63) is 46.5 Å². The van der Waals surface area contributed by atoms with E-state index < -0.39 is 0 Å². The minimum Gasteiger partial charge on any atom is -0.505 e. The lowest BCUT2D eigenvalue weighted by molar-refractivity contribution is -0.432. The lowest BCUT2D eigenvalue weighted by Crippen LogP contribution is -2.57. The monoisotopic (exact) mass is 360 g/mol. The highest BCUT2D eigenvalue weighted by molar-refractivity contribution is 6.30. The highest BCUT2D eigenvalue weighted by Crippen LogP contribution is 2.41. The minimum absolute atomic E-state index is 0.0583. The van der Waals surface area contributed by atoms with Crippen LogP contribution in [0.15, 0.2) is 35.4 Å². The predicted molar refractivity (Wildman–Crippen MR) is 104 cm³/mol. The Kier molecular flexibility index (Phi) is 5.14. The van der Waals surface area contributed by atoms with Crippen LogP contribution in [0.4, 0.5) is 17.1 Å². The number of phenolic OH excluding ortho intramolecular Hbond substituents is 1. The van der Waals surface area contributed by atoms with Gasteiger partial charge in [0.05, 0.1) is 0 Å². The smallest absolute Gasteiger partial charge is 0.252 e. The van der Waals surface area contributed by atoms with Crippen molar-refractivity contribution in [2.75, 3.05) is 5.73 Å². The average Bonchev–Trinajstić information content (AvgIpc) is 2.45. The normalized spacial score (nSPS) is 12.8. The van der Waals surface area contributed by atoms with Crippen LogP contribution in [0.25, 0.3) is 0 Å². The third-order valence-electron chi connectivity index (χ3n) is 4.07. The fraction of sp³-hybridized carbons (Fsp3) is 0.400. The molecule has 0 aliphatic rings. The van der Waals surface area contributed by atoms with Gasteiger partial charge < -0.3 is 10.8 Å². The van der Waals surface area contributed by atoms with E-state index in [0.717, 1.165) is 11.1 Å². The van der Waals surface area contributed by atoms with Crippen molar-refractivity contribution in [2.45, 2.75) is 52.4 Å². The minimum atomic E-state index is -0.199. The summed E-state index contributed by atoms with van der Waals surface area (Å²) < 4.78 is 0. The first-order valence-electron chi connectivity index (χ1n) is 8.29. The number of phenols is 1. The zero-order chi connectivity index (χ0) is 19.0. The topological polar surface area (TPSA) is 72.6 Å². The third-order valence-corrected chi connectivity index (χ3v) is 4.31. The second-order valence-electron chi connectivity index (χ2n) is 8.35. The van der Waals surface area contributed by atoms with Crippen LogP contribution in [0.5, 0.6) is 5.75 Å². The highest BCUT2D eigenvalue weighted by Gasteiger charge is 2.25. The molecular weight excluding hydrogens is 334 g/mol. The summed E-state index contributed by atoms with van der Waals surface area (Å²) in [6.45, 7) is 12.6. The van der Waals surface area contributed by atoms with Gasteiger partial charge in [-0.25, -0.2) is 0 Å². The van der Waals surface area contributed by atoms with Crippen LogP contribution < -0.4 is 10.8 Å². The summed E-state index contributed by atoms with van der Waals surface area (Å²) in [6.07, 6.45) is 0. The molecule has 2 aromatic carbocycles. The molecule has 0 aliphatic heterocycles. The summed E-state index contributed by atoms with van der Waals surface area (Å²) in [5.41, 5.74) is 9.30. The predicted octanol–water partition coefficient (Wildman–Crippen LogP) is 4.72. The van der Waals surface area contributed by atoms with E-state index in [0.29, 0.717) is 22.1 Å². The fourth-order valence-corrected chi connectivity index (χ4v) is 2.65. The number of hydrogen-bond acceptors (Lipinski definition) is 3. The van der Waals surface area contributed by atoms with Crippen molar-refractivity contribution in [1.82, 2.24) is 0 Å². The van der Waals surface area contributed by atoms with Gasteiger partial charge in [0, 0.05) is 21.8 Å². The Bertz CT molecular complexity index is 815. The largest absolute Gasteiger partial charge is 0.505 e. The number of aromatic hydroxyl groups is 1. The summed E-state index contributed by atoms with van der Waals surface area (Å²) in [6, 6.07) is 9.12. The van der Waals surface area contributed by atoms with E-state index >= 15 is 0 Å². The molecule has 5 heteroatoms. The van der Waals surface area contributed by atoms with Crippen LogP contribution in [0, 0.1) is 0 Å². The van der Waals surface area contributed by atoms with Crippen molar-refractivity contribution in [2.24, 2.45) is 5.11 Å². The van der Waals surface area contributed by atoms with Crippen LogP contribution in [0.3, 0.4) is 0 Å². The second-order valence-corrected chi connectivity index (χ2v) is 8.78. The lowest BCUT2D eigenvalue weighted by atomic mass is 9.80. The number of benzene rings is 2. The van der Waals surface area contributed by atoms with Gasteiger partial charge in [0.25, 0.3) is 5.69 Å². The average molecular weight is 361 g/mol. The maximum absolute atomic E-state index is 10.7. The first kappa shape index (κ1) is 19.3. The number of anilines is 1. The molecule has 4 nitrogen and oxygen atoms in total. The van der Waals surface area contributed by atoms with Gasteiger partial charge in [-0.3, -0.25) is 0 Å². The number of halogens is 1. The summed E-state index contributed by atoms with van der Waals surface area (Å²) in [5.74, 6) is 0.181. The van der Waals surface area contributed by atoms with Gasteiger partial charge in [0.2, 0.25) is 0 Å². The van der Waals surface area contributed by atoms with Crippen LogP contribution >= 0.6 is 11.6 Å². The molecule has 0 unspecified atom stereocenters. The molecule has 0 aliphatic carbocycles. The Morgan fingerprint density at radius 2 is 1.64 bits per heavy atom. The lowest BCUT2D eigenvalue weighted by Gasteiger charge is -2.26. The van der Waals surface area contributed by atoms with Gasteiger partial charge >= 0.3 is 0 Å². The molecule has 0 spiro atoms. The third kappa shape index (κ3) is 4.51. The number of nitrogens with zero attached hydrogens (tertiary/aromatic N) is 1. The van der Waals surface area contributed by atoms with Gasteiger partial charge in [-0.15, -0.1) is 0 Å². The summed E-state index contributed by atoms with van der Waals surface area (Å²) in [5, 5.41) is 18.6. The van der Waals surface area contributed by atoms with E-state index in [4.69, 9.17) is 17.3 Å². The molecule has 0 radical (unpaired) electrons. The van der Waals surface area contributed by atoms with Gasteiger partial charge in [0.1, 0.15) is 5.69 Å². The van der Waals surface area contributed by atoms with Gasteiger partial charge in [-0.2, -0.15) is 0 Å². The zero-order valence-corrected chi connectivity index (χ0v) is 16.5. The van der Waals surface area contributed by atoms with Crippen molar-refractivity contribution in [1.29, 1.82) is 0 Å². The van der Waals surface area contributed by atoms with E-state index in [2.05, 4.69) is 57.8 Å². The van der Waals surface area contributed by atoms with Crippen LogP contribution in [0.2, 0.25) is 5.02 Å². The molecule has 0 amide bonds. The first-order chi connectivity index (χ1) is 11.4. The van der Waals surface area contributed by atoms with Gasteiger partial charge in [-0.05, 0) is 34.6 Å². The molecule has 0 heterocycles. The fourth-order valence-electron chi connectivity index (χ4n) is 2.46. The molecular formula is C20H27ClN3O+. The van der Waals surface area contributed by atoms with E-state index in [1.807, 2.05) is 6.07 Å².